The number of hydrogen-bond acceptors (Lipinski definition) is 4. The monoisotopic (exact) mass is 279 g/mol. The molecule has 0 aromatic carbocycles. The van der Waals surface area contributed by atoms with Crippen molar-refractivity contribution in [3.8, 4) is 0 Å². The molecule has 1 rings (SSSR count). The largest absolute Gasteiger partial charge is 0.480 e. The van der Waals surface area contributed by atoms with E-state index in [0.29, 0.717) is 0 Å². The first-order chi connectivity index (χ1) is 8.17. The van der Waals surface area contributed by atoms with E-state index < -0.39 is 21.5 Å². The Morgan fingerprint density at radius 3 is 2.44 bits per heavy atom. The molecule has 0 saturated heterocycles. The van der Waals surface area contributed by atoms with E-state index in [1.54, 1.807) is 0 Å². The van der Waals surface area contributed by atoms with Crippen molar-refractivity contribution in [2.75, 3.05) is 12.4 Å². The van der Waals surface area contributed by atoms with Crippen molar-refractivity contribution in [1.82, 2.24) is 4.72 Å². The number of carboxylic acid groups (broad SMARTS) is 1. The Labute approximate surface area is 108 Å². The van der Waals surface area contributed by atoms with Crippen LogP contribution in [0.15, 0.2) is 0 Å². The van der Waals surface area contributed by atoms with Crippen LogP contribution in [-0.2, 0) is 19.6 Å². The molecule has 0 radical (unpaired) electrons. The Kier molecular flexibility index (Phi) is 4.74. The SMILES string of the molecule is CC(C)OCCS(=O)(=O)NC(C)(C(=O)O)C1CC1. The number of hydrogen-bond donors (Lipinski definition) is 2. The van der Waals surface area contributed by atoms with Crippen molar-refractivity contribution in [3.63, 3.8) is 0 Å². The van der Waals surface area contributed by atoms with Gasteiger partial charge in [0, 0.05) is 0 Å². The number of nitrogens with one attached hydrogen (secondary N) is 1. The molecule has 18 heavy (non-hydrogen) atoms. The maximum Gasteiger partial charge on any atom is 0.324 e. The molecule has 1 fully saturated rings. The van der Waals surface area contributed by atoms with Crippen LogP contribution in [-0.4, -0.2) is 43.5 Å². The van der Waals surface area contributed by atoms with Gasteiger partial charge in [0.1, 0.15) is 5.54 Å². The number of aliphatic carboxylic acids is 1. The second-order valence-corrected chi connectivity index (χ2v) is 6.96. The van der Waals surface area contributed by atoms with Gasteiger partial charge >= 0.3 is 5.97 Å². The molecule has 0 aliphatic heterocycles. The summed E-state index contributed by atoms with van der Waals surface area (Å²) in [6.45, 7) is 5.11. The van der Waals surface area contributed by atoms with Crippen LogP contribution in [0.25, 0.3) is 0 Å². The minimum absolute atomic E-state index is 0.0468. The van der Waals surface area contributed by atoms with Crippen molar-refractivity contribution in [3.05, 3.63) is 0 Å². The molecule has 1 unspecified atom stereocenters. The van der Waals surface area contributed by atoms with Crippen LogP contribution in [0.2, 0.25) is 0 Å². The third-order valence-corrected chi connectivity index (χ3v) is 4.45. The van der Waals surface area contributed by atoms with Gasteiger partial charge in [0.2, 0.25) is 10.0 Å². The number of sulfonamides is 1. The average molecular weight is 279 g/mol. The Hall–Kier alpha value is -0.660. The van der Waals surface area contributed by atoms with E-state index in [1.807, 2.05) is 13.8 Å². The third-order valence-electron chi connectivity index (χ3n) is 3.01. The molecular formula is C11H21NO5S. The molecule has 106 valence electrons. The fourth-order valence-corrected chi connectivity index (χ4v) is 3.05. The quantitative estimate of drug-likeness (QED) is 0.678. The lowest BCUT2D eigenvalue weighted by Crippen LogP contribution is -2.54. The summed E-state index contributed by atoms with van der Waals surface area (Å²) in [5.41, 5.74) is -1.39. The maximum absolute atomic E-state index is 11.8. The Morgan fingerprint density at radius 1 is 1.50 bits per heavy atom. The molecule has 0 spiro atoms. The second-order valence-electron chi connectivity index (χ2n) is 5.12. The van der Waals surface area contributed by atoms with Crippen LogP contribution in [0.5, 0.6) is 0 Å². The molecule has 1 atom stereocenters. The zero-order valence-electron chi connectivity index (χ0n) is 11.0. The highest BCUT2D eigenvalue weighted by Gasteiger charge is 2.49. The van der Waals surface area contributed by atoms with Crippen molar-refractivity contribution >= 4 is 16.0 Å². The van der Waals surface area contributed by atoms with Gasteiger partial charge in [-0.1, -0.05) is 0 Å². The average Bonchev–Trinajstić information content (AvgIpc) is 2.98. The molecule has 6 nitrogen and oxygen atoms in total. The number of ether oxygens (including phenoxy) is 1. The van der Waals surface area contributed by atoms with Gasteiger partial charge in [0.05, 0.1) is 18.5 Å². The lowest BCUT2D eigenvalue weighted by molar-refractivity contribution is -0.144. The van der Waals surface area contributed by atoms with Crippen LogP contribution in [0.1, 0.15) is 33.6 Å². The smallest absolute Gasteiger partial charge is 0.324 e. The molecular weight excluding hydrogens is 258 g/mol. The van der Waals surface area contributed by atoms with Gasteiger partial charge < -0.3 is 9.84 Å². The zero-order chi connectivity index (χ0) is 14.0. The fourth-order valence-electron chi connectivity index (χ4n) is 1.73. The lowest BCUT2D eigenvalue weighted by Gasteiger charge is -2.25. The fraction of sp³-hybridized carbons (Fsp3) is 0.909. The predicted molar refractivity (Wildman–Crippen MR) is 66.8 cm³/mol. The van der Waals surface area contributed by atoms with Crippen molar-refractivity contribution in [2.24, 2.45) is 5.92 Å². The molecule has 0 bridgehead atoms. The number of carbonyl (C=O) groups is 1. The number of carboxylic acids is 1. The molecule has 7 heteroatoms. The molecule has 2 N–H and O–H groups in total. The van der Waals surface area contributed by atoms with Gasteiger partial charge in [-0.2, -0.15) is 4.72 Å². The van der Waals surface area contributed by atoms with Crippen molar-refractivity contribution in [2.45, 2.75) is 45.3 Å². The van der Waals surface area contributed by atoms with Crippen LogP contribution in [0, 0.1) is 5.92 Å². The van der Waals surface area contributed by atoms with Crippen LogP contribution in [0.3, 0.4) is 0 Å². The second kappa shape index (κ2) is 5.54. The summed E-state index contributed by atoms with van der Waals surface area (Å²) in [6, 6.07) is 0. The highest BCUT2D eigenvalue weighted by Crippen LogP contribution is 2.40. The molecule has 0 amide bonds. The summed E-state index contributed by atoms with van der Waals surface area (Å²) in [5, 5.41) is 9.16. The van der Waals surface area contributed by atoms with E-state index in [4.69, 9.17) is 9.84 Å². The van der Waals surface area contributed by atoms with Gasteiger partial charge in [-0.05, 0) is 39.5 Å². The highest BCUT2D eigenvalue weighted by atomic mass is 32.2. The normalized spacial score (nSPS) is 19.8. The summed E-state index contributed by atoms with van der Waals surface area (Å²) in [4.78, 5) is 11.2. The minimum Gasteiger partial charge on any atom is -0.480 e. The standard InChI is InChI=1S/C11H21NO5S/c1-8(2)17-6-7-18(15,16)12-11(3,10(13)14)9-4-5-9/h8-9,12H,4-7H2,1-3H3,(H,13,14). The van der Waals surface area contributed by atoms with Crippen molar-refractivity contribution in [1.29, 1.82) is 0 Å². The molecule has 1 aliphatic carbocycles. The maximum atomic E-state index is 11.8. The third kappa shape index (κ3) is 4.22. The van der Waals surface area contributed by atoms with Crippen LogP contribution in [0.4, 0.5) is 0 Å². The van der Waals surface area contributed by atoms with Gasteiger partial charge in [-0.15, -0.1) is 0 Å². The minimum atomic E-state index is -3.64. The summed E-state index contributed by atoms with van der Waals surface area (Å²) >= 11 is 0. The summed E-state index contributed by atoms with van der Waals surface area (Å²) in [5.74, 6) is -1.46. The highest BCUT2D eigenvalue weighted by molar-refractivity contribution is 7.89. The first kappa shape index (κ1) is 15.4. The van der Waals surface area contributed by atoms with Crippen LogP contribution >= 0.6 is 0 Å². The van der Waals surface area contributed by atoms with Gasteiger partial charge in [0.15, 0.2) is 0 Å². The summed E-state index contributed by atoms with van der Waals surface area (Å²) in [6.07, 6.45) is 1.44. The van der Waals surface area contributed by atoms with Gasteiger partial charge in [-0.25, -0.2) is 8.42 Å². The van der Waals surface area contributed by atoms with Crippen molar-refractivity contribution < 1.29 is 23.1 Å². The molecule has 1 saturated carbocycles. The lowest BCUT2D eigenvalue weighted by atomic mass is 9.98. The number of rotatable bonds is 8. The Balaban J connectivity index is 2.60. The van der Waals surface area contributed by atoms with E-state index in [2.05, 4.69) is 4.72 Å². The van der Waals surface area contributed by atoms with Crippen LogP contribution < -0.4 is 4.72 Å². The van der Waals surface area contributed by atoms with E-state index in [0.717, 1.165) is 12.8 Å². The topological polar surface area (TPSA) is 92.7 Å². The first-order valence-electron chi connectivity index (χ1n) is 6.04. The predicted octanol–water partition coefficient (Wildman–Crippen LogP) is 0.584. The summed E-state index contributed by atoms with van der Waals surface area (Å²) in [7, 11) is -3.64. The van der Waals surface area contributed by atoms with E-state index in [9.17, 15) is 13.2 Å². The van der Waals surface area contributed by atoms with Gasteiger partial charge in [0.25, 0.3) is 0 Å². The molecule has 1 aliphatic rings. The Morgan fingerprint density at radius 2 is 2.06 bits per heavy atom. The first-order valence-corrected chi connectivity index (χ1v) is 7.69. The molecule has 0 aromatic rings. The molecule has 0 heterocycles. The van der Waals surface area contributed by atoms with E-state index >= 15 is 0 Å². The van der Waals surface area contributed by atoms with Gasteiger partial charge in [-0.3, -0.25) is 4.79 Å². The van der Waals surface area contributed by atoms with E-state index in [-0.39, 0.29) is 24.4 Å². The zero-order valence-corrected chi connectivity index (χ0v) is 11.8. The Bertz CT molecular complexity index is 402. The molecule has 0 aromatic heterocycles. The summed E-state index contributed by atoms with van der Waals surface area (Å²) < 4.78 is 31.1. The van der Waals surface area contributed by atoms with E-state index in [1.165, 1.54) is 6.92 Å².